The molecule has 0 aromatic carbocycles. The van der Waals surface area contributed by atoms with Gasteiger partial charge in [0.1, 0.15) is 0 Å². The van der Waals surface area contributed by atoms with Crippen LogP contribution in [0.1, 0.15) is 24.2 Å². The predicted molar refractivity (Wildman–Crippen MR) is 68.0 cm³/mol. The molecule has 1 aromatic heterocycles. The van der Waals surface area contributed by atoms with Crippen molar-refractivity contribution in [2.24, 2.45) is 5.41 Å². The maximum absolute atomic E-state index is 5.44. The van der Waals surface area contributed by atoms with E-state index in [4.69, 9.17) is 4.74 Å². The van der Waals surface area contributed by atoms with Crippen LogP contribution in [0.2, 0.25) is 0 Å². The number of hydrogen-bond donors (Lipinski definition) is 1. The van der Waals surface area contributed by atoms with E-state index in [1.807, 2.05) is 6.33 Å². The Hall–Kier alpha value is -0.480. The average molecular weight is 240 g/mol. The van der Waals surface area contributed by atoms with Crippen molar-refractivity contribution in [2.45, 2.75) is 33.2 Å². The minimum atomic E-state index is 0.291. The Morgan fingerprint density at radius 3 is 2.62 bits per heavy atom. The third kappa shape index (κ3) is 2.28. The van der Waals surface area contributed by atoms with E-state index in [0.29, 0.717) is 5.41 Å². The lowest BCUT2D eigenvalue weighted by Crippen LogP contribution is -2.35. The SMILES string of the molecule is Cc1ncn(CC2(CS)CCOCC2)c1C. The molecule has 0 N–H and O–H groups in total. The summed E-state index contributed by atoms with van der Waals surface area (Å²) in [5, 5.41) is 0. The van der Waals surface area contributed by atoms with Crippen LogP contribution in [0.15, 0.2) is 6.33 Å². The fourth-order valence-electron chi connectivity index (χ4n) is 2.24. The largest absolute Gasteiger partial charge is 0.381 e. The molecule has 90 valence electrons. The standard InChI is InChI=1S/C12H20N2OS/c1-10-11(2)14(9-13-10)7-12(8-16)3-5-15-6-4-12/h9,16H,3-8H2,1-2H3. The first-order valence-corrected chi connectivity index (χ1v) is 6.47. The van der Waals surface area contributed by atoms with Crippen LogP contribution in [-0.4, -0.2) is 28.5 Å². The van der Waals surface area contributed by atoms with E-state index >= 15 is 0 Å². The molecule has 1 aliphatic heterocycles. The topological polar surface area (TPSA) is 27.1 Å². The quantitative estimate of drug-likeness (QED) is 0.820. The summed E-state index contributed by atoms with van der Waals surface area (Å²) in [5.74, 6) is 0.924. The van der Waals surface area contributed by atoms with Gasteiger partial charge in [-0.3, -0.25) is 0 Å². The summed E-state index contributed by atoms with van der Waals surface area (Å²) in [6.07, 6.45) is 4.16. The van der Waals surface area contributed by atoms with Crippen molar-refractivity contribution in [2.75, 3.05) is 19.0 Å². The molecule has 2 rings (SSSR count). The second-order valence-corrected chi connectivity index (χ2v) is 5.13. The van der Waals surface area contributed by atoms with Gasteiger partial charge in [-0.15, -0.1) is 0 Å². The summed E-state index contributed by atoms with van der Waals surface area (Å²) in [6, 6.07) is 0. The van der Waals surface area contributed by atoms with Crippen LogP contribution < -0.4 is 0 Å². The molecule has 0 spiro atoms. The molecule has 0 unspecified atom stereocenters. The Morgan fingerprint density at radius 2 is 2.12 bits per heavy atom. The summed E-state index contributed by atoms with van der Waals surface area (Å²) < 4.78 is 7.70. The zero-order chi connectivity index (χ0) is 11.6. The van der Waals surface area contributed by atoms with Gasteiger partial charge in [0.15, 0.2) is 0 Å². The summed E-state index contributed by atoms with van der Waals surface area (Å²) in [6.45, 7) is 6.95. The Balaban J connectivity index is 2.14. The molecule has 3 nitrogen and oxygen atoms in total. The van der Waals surface area contributed by atoms with Gasteiger partial charge in [0.2, 0.25) is 0 Å². The van der Waals surface area contributed by atoms with Crippen LogP contribution in [0.3, 0.4) is 0 Å². The van der Waals surface area contributed by atoms with Crippen LogP contribution in [0.5, 0.6) is 0 Å². The molecule has 1 aliphatic rings. The highest BCUT2D eigenvalue weighted by Gasteiger charge is 2.32. The summed E-state index contributed by atoms with van der Waals surface area (Å²) in [4.78, 5) is 4.35. The van der Waals surface area contributed by atoms with E-state index in [2.05, 4.69) is 36.0 Å². The van der Waals surface area contributed by atoms with E-state index in [9.17, 15) is 0 Å². The van der Waals surface area contributed by atoms with Crippen molar-refractivity contribution in [1.82, 2.24) is 9.55 Å². The van der Waals surface area contributed by atoms with Crippen molar-refractivity contribution in [3.63, 3.8) is 0 Å². The molecule has 0 saturated carbocycles. The predicted octanol–water partition coefficient (Wildman–Crippen LogP) is 2.23. The van der Waals surface area contributed by atoms with Crippen molar-refractivity contribution in [1.29, 1.82) is 0 Å². The monoisotopic (exact) mass is 240 g/mol. The van der Waals surface area contributed by atoms with Crippen molar-refractivity contribution in [3.05, 3.63) is 17.7 Å². The zero-order valence-corrected chi connectivity index (χ0v) is 11.0. The van der Waals surface area contributed by atoms with Gasteiger partial charge in [0, 0.05) is 30.9 Å². The Labute approximate surface area is 103 Å². The minimum absolute atomic E-state index is 0.291. The normalized spacial score (nSPS) is 19.9. The Kier molecular flexibility index (Phi) is 3.60. The van der Waals surface area contributed by atoms with Crippen molar-refractivity contribution >= 4 is 12.6 Å². The molecule has 1 fully saturated rings. The molecule has 1 saturated heterocycles. The highest BCUT2D eigenvalue weighted by atomic mass is 32.1. The molecule has 0 radical (unpaired) electrons. The number of imidazole rings is 1. The maximum Gasteiger partial charge on any atom is 0.0951 e. The van der Waals surface area contributed by atoms with E-state index in [1.54, 1.807) is 0 Å². The van der Waals surface area contributed by atoms with Crippen LogP contribution in [0.25, 0.3) is 0 Å². The van der Waals surface area contributed by atoms with Crippen LogP contribution in [0.4, 0.5) is 0 Å². The van der Waals surface area contributed by atoms with E-state index in [0.717, 1.165) is 44.0 Å². The van der Waals surface area contributed by atoms with Gasteiger partial charge in [-0.1, -0.05) is 0 Å². The number of thiol groups is 1. The summed E-state index contributed by atoms with van der Waals surface area (Å²) >= 11 is 4.53. The molecule has 0 atom stereocenters. The Morgan fingerprint density at radius 1 is 1.44 bits per heavy atom. The number of rotatable bonds is 3. The molecular weight excluding hydrogens is 220 g/mol. The van der Waals surface area contributed by atoms with Gasteiger partial charge in [0.25, 0.3) is 0 Å². The molecule has 1 aromatic rings. The molecule has 0 bridgehead atoms. The van der Waals surface area contributed by atoms with Gasteiger partial charge in [-0.25, -0.2) is 4.98 Å². The zero-order valence-electron chi connectivity index (χ0n) is 10.1. The van der Waals surface area contributed by atoms with E-state index in [1.165, 1.54) is 5.69 Å². The third-order valence-electron chi connectivity index (χ3n) is 3.74. The number of nitrogens with zero attached hydrogens (tertiary/aromatic N) is 2. The number of aromatic nitrogens is 2. The highest BCUT2D eigenvalue weighted by molar-refractivity contribution is 7.80. The first kappa shape index (κ1) is 12.0. The lowest BCUT2D eigenvalue weighted by molar-refractivity contribution is 0.0179. The fraction of sp³-hybridized carbons (Fsp3) is 0.750. The molecular formula is C12H20N2OS. The lowest BCUT2D eigenvalue weighted by Gasteiger charge is -2.36. The third-order valence-corrected chi connectivity index (χ3v) is 4.41. The number of ether oxygens (including phenoxy) is 1. The fourth-order valence-corrected chi connectivity index (χ4v) is 2.65. The average Bonchev–Trinajstić information content (AvgIpc) is 2.62. The van der Waals surface area contributed by atoms with Gasteiger partial charge >= 0.3 is 0 Å². The Bertz CT molecular complexity index is 356. The van der Waals surface area contributed by atoms with Crippen molar-refractivity contribution < 1.29 is 4.74 Å². The lowest BCUT2D eigenvalue weighted by atomic mass is 9.82. The highest BCUT2D eigenvalue weighted by Crippen LogP contribution is 2.34. The maximum atomic E-state index is 5.44. The summed E-state index contributed by atoms with van der Waals surface area (Å²) in [7, 11) is 0. The van der Waals surface area contributed by atoms with Gasteiger partial charge in [-0.05, 0) is 32.4 Å². The molecule has 0 aliphatic carbocycles. The van der Waals surface area contributed by atoms with E-state index in [-0.39, 0.29) is 0 Å². The van der Waals surface area contributed by atoms with Crippen LogP contribution >= 0.6 is 12.6 Å². The van der Waals surface area contributed by atoms with Crippen LogP contribution in [0, 0.1) is 19.3 Å². The number of aryl methyl sites for hydroxylation is 1. The second-order valence-electron chi connectivity index (χ2n) is 4.81. The van der Waals surface area contributed by atoms with Gasteiger partial charge < -0.3 is 9.30 Å². The minimum Gasteiger partial charge on any atom is -0.381 e. The van der Waals surface area contributed by atoms with E-state index < -0.39 is 0 Å². The molecule has 0 amide bonds. The first-order chi connectivity index (χ1) is 7.67. The molecule has 16 heavy (non-hydrogen) atoms. The summed E-state index contributed by atoms with van der Waals surface area (Å²) in [5.41, 5.74) is 2.69. The first-order valence-electron chi connectivity index (χ1n) is 5.84. The molecule has 2 heterocycles. The van der Waals surface area contributed by atoms with Crippen molar-refractivity contribution in [3.8, 4) is 0 Å². The second kappa shape index (κ2) is 4.80. The smallest absolute Gasteiger partial charge is 0.0951 e. The molecule has 4 heteroatoms. The van der Waals surface area contributed by atoms with Crippen LogP contribution in [-0.2, 0) is 11.3 Å². The number of hydrogen-bond acceptors (Lipinski definition) is 3. The van der Waals surface area contributed by atoms with Gasteiger partial charge in [-0.2, -0.15) is 12.6 Å². The van der Waals surface area contributed by atoms with Gasteiger partial charge in [0.05, 0.1) is 12.0 Å².